The van der Waals surface area contributed by atoms with E-state index in [1.807, 2.05) is 12.1 Å². The quantitative estimate of drug-likeness (QED) is 0.841. The Bertz CT molecular complexity index is 382. The van der Waals surface area contributed by atoms with E-state index in [-0.39, 0.29) is 6.10 Å². The van der Waals surface area contributed by atoms with Crippen LogP contribution in [0.4, 0.5) is 0 Å². The van der Waals surface area contributed by atoms with Gasteiger partial charge in [-0.1, -0.05) is 15.9 Å². The SMILES string of the molecule is CN(C)CCNCC1Cc2cc(Br)ccc2O1. The fraction of sp³-hybridized carbons (Fsp3) is 0.538. The molecule has 0 amide bonds. The van der Waals surface area contributed by atoms with Crippen molar-refractivity contribution < 1.29 is 4.74 Å². The van der Waals surface area contributed by atoms with E-state index in [9.17, 15) is 0 Å². The van der Waals surface area contributed by atoms with Gasteiger partial charge in [-0.3, -0.25) is 0 Å². The second kappa shape index (κ2) is 5.85. The van der Waals surface area contributed by atoms with Crippen LogP contribution in [0.2, 0.25) is 0 Å². The zero-order chi connectivity index (χ0) is 12.3. The van der Waals surface area contributed by atoms with Gasteiger partial charge in [-0.05, 0) is 37.9 Å². The third kappa shape index (κ3) is 3.69. The minimum absolute atomic E-state index is 0.279. The molecule has 1 aromatic rings. The zero-order valence-electron chi connectivity index (χ0n) is 10.4. The Morgan fingerprint density at radius 3 is 3.06 bits per heavy atom. The minimum Gasteiger partial charge on any atom is -0.488 e. The molecule has 1 N–H and O–H groups in total. The summed E-state index contributed by atoms with van der Waals surface area (Å²) < 4.78 is 7.00. The van der Waals surface area contributed by atoms with E-state index in [2.05, 4.69) is 46.3 Å². The first-order valence-electron chi connectivity index (χ1n) is 5.95. The lowest BCUT2D eigenvalue weighted by molar-refractivity contribution is 0.225. The molecule has 0 fully saturated rings. The van der Waals surface area contributed by atoms with E-state index in [4.69, 9.17) is 4.74 Å². The molecule has 1 aliphatic heterocycles. The summed E-state index contributed by atoms with van der Waals surface area (Å²) in [5.41, 5.74) is 1.30. The second-order valence-electron chi connectivity index (χ2n) is 4.70. The maximum atomic E-state index is 5.87. The van der Waals surface area contributed by atoms with Crippen molar-refractivity contribution in [3.05, 3.63) is 28.2 Å². The third-order valence-corrected chi connectivity index (χ3v) is 3.36. The molecule has 0 bridgehead atoms. The Labute approximate surface area is 111 Å². The molecule has 0 saturated carbocycles. The van der Waals surface area contributed by atoms with Crippen molar-refractivity contribution in [1.29, 1.82) is 0 Å². The van der Waals surface area contributed by atoms with E-state index < -0.39 is 0 Å². The van der Waals surface area contributed by atoms with Crippen LogP contribution in [-0.2, 0) is 6.42 Å². The van der Waals surface area contributed by atoms with E-state index in [0.717, 1.165) is 36.3 Å². The number of nitrogens with zero attached hydrogens (tertiary/aromatic N) is 1. The molecule has 3 nitrogen and oxygen atoms in total. The molecule has 0 radical (unpaired) electrons. The summed E-state index contributed by atoms with van der Waals surface area (Å²) in [5, 5.41) is 3.43. The lowest BCUT2D eigenvalue weighted by Crippen LogP contribution is -2.34. The number of benzene rings is 1. The highest BCUT2D eigenvalue weighted by Crippen LogP contribution is 2.30. The van der Waals surface area contributed by atoms with Crippen molar-refractivity contribution in [3.8, 4) is 5.75 Å². The topological polar surface area (TPSA) is 24.5 Å². The molecule has 0 aromatic heterocycles. The molecule has 0 aliphatic carbocycles. The number of rotatable bonds is 5. The normalized spacial score (nSPS) is 18.2. The average Bonchev–Trinajstić information content (AvgIpc) is 2.66. The van der Waals surface area contributed by atoms with Gasteiger partial charge in [0.2, 0.25) is 0 Å². The largest absolute Gasteiger partial charge is 0.488 e. The molecule has 17 heavy (non-hydrogen) atoms. The predicted molar refractivity (Wildman–Crippen MR) is 73.7 cm³/mol. The van der Waals surface area contributed by atoms with Crippen LogP contribution in [0, 0.1) is 0 Å². The third-order valence-electron chi connectivity index (χ3n) is 2.87. The maximum Gasteiger partial charge on any atom is 0.123 e. The van der Waals surface area contributed by atoms with Crippen molar-refractivity contribution in [2.75, 3.05) is 33.7 Å². The minimum atomic E-state index is 0.279. The number of nitrogens with one attached hydrogen (secondary N) is 1. The smallest absolute Gasteiger partial charge is 0.123 e. The number of likely N-dealkylation sites (N-methyl/N-ethyl adjacent to an activating group) is 1. The zero-order valence-corrected chi connectivity index (χ0v) is 12.0. The van der Waals surface area contributed by atoms with Gasteiger partial charge in [0, 0.05) is 30.5 Å². The fourth-order valence-electron chi connectivity index (χ4n) is 1.97. The van der Waals surface area contributed by atoms with Crippen LogP contribution in [0.25, 0.3) is 0 Å². The molecule has 0 saturated heterocycles. The molecule has 1 unspecified atom stereocenters. The van der Waals surface area contributed by atoms with Gasteiger partial charge < -0.3 is 15.0 Å². The Morgan fingerprint density at radius 2 is 2.29 bits per heavy atom. The maximum absolute atomic E-state index is 5.87. The second-order valence-corrected chi connectivity index (χ2v) is 5.62. The Kier molecular flexibility index (Phi) is 4.42. The van der Waals surface area contributed by atoms with Crippen molar-refractivity contribution in [2.24, 2.45) is 0 Å². The molecular formula is C13H19BrN2O. The van der Waals surface area contributed by atoms with E-state index in [0.29, 0.717) is 0 Å². The molecule has 1 aromatic carbocycles. The van der Waals surface area contributed by atoms with Gasteiger partial charge >= 0.3 is 0 Å². The first-order valence-corrected chi connectivity index (χ1v) is 6.75. The van der Waals surface area contributed by atoms with Gasteiger partial charge in [-0.2, -0.15) is 0 Å². The van der Waals surface area contributed by atoms with Gasteiger partial charge in [0.25, 0.3) is 0 Å². The summed E-state index contributed by atoms with van der Waals surface area (Å²) in [6.45, 7) is 2.98. The summed E-state index contributed by atoms with van der Waals surface area (Å²) in [6.07, 6.45) is 1.28. The molecule has 1 atom stereocenters. The number of hydrogen-bond donors (Lipinski definition) is 1. The number of fused-ring (bicyclic) bond motifs is 1. The van der Waals surface area contributed by atoms with Gasteiger partial charge in [-0.25, -0.2) is 0 Å². The monoisotopic (exact) mass is 298 g/mol. The van der Waals surface area contributed by atoms with Gasteiger partial charge in [0.05, 0.1) is 0 Å². The van der Waals surface area contributed by atoms with E-state index >= 15 is 0 Å². The molecule has 94 valence electrons. The van der Waals surface area contributed by atoms with Crippen molar-refractivity contribution in [2.45, 2.75) is 12.5 Å². The Hall–Kier alpha value is -0.580. The van der Waals surface area contributed by atoms with Gasteiger partial charge in [-0.15, -0.1) is 0 Å². The first kappa shape index (κ1) is 12.9. The molecule has 2 rings (SSSR count). The summed E-state index contributed by atoms with van der Waals surface area (Å²) >= 11 is 3.49. The van der Waals surface area contributed by atoms with Crippen LogP contribution in [0.3, 0.4) is 0 Å². The van der Waals surface area contributed by atoms with Crippen molar-refractivity contribution in [1.82, 2.24) is 10.2 Å². The van der Waals surface area contributed by atoms with Crippen LogP contribution < -0.4 is 10.1 Å². The van der Waals surface area contributed by atoms with Gasteiger partial charge in [0.1, 0.15) is 11.9 Å². The summed E-state index contributed by atoms with van der Waals surface area (Å²) in [5.74, 6) is 1.03. The summed E-state index contributed by atoms with van der Waals surface area (Å²) in [7, 11) is 4.17. The van der Waals surface area contributed by atoms with E-state index in [1.54, 1.807) is 0 Å². The Morgan fingerprint density at radius 1 is 1.47 bits per heavy atom. The number of hydrogen-bond acceptors (Lipinski definition) is 3. The van der Waals surface area contributed by atoms with Crippen molar-refractivity contribution in [3.63, 3.8) is 0 Å². The van der Waals surface area contributed by atoms with Crippen LogP contribution in [-0.4, -0.2) is 44.7 Å². The predicted octanol–water partition coefficient (Wildman–Crippen LogP) is 1.90. The highest BCUT2D eigenvalue weighted by atomic mass is 79.9. The molecule has 4 heteroatoms. The van der Waals surface area contributed by atoms with Crippen molar-refractivity contribution >= 4 is 15.9 Å². The van der Waals surface area contributed by atoms with Gasteiger partial charge in [0.15, 0.2) is 0 Å². The lowest BCUT2D eigenvalue weighted by atomic mass is 10.1. The molecule has 1 aliphatic rings. The molecular weight excluding hydrogens is 280 g/mol. The molecule has 0 spiro atoms. The fourth-order valence-corrected chi connectivity index (χ4v) is 2.38. The summed E-state index contributed by atoms with van der Waals surface area (Å²) in [4.78, 5) is 2.17. The number of ether oxygens (including phenoxy) is 1. The first-order chi connectivity index (χ1) is 8.15. The highest BCUT2D eigenvalue weighted by Gasteiger charge is 2.22. The van der Waals surface area contributed by atoms with Crippen LogP contribution in [0.1, 0.15) is 5.56 Å². The van der Waals surface area contributed by atoms with Crippen LogP contribution >= 0.6 is 15.9 Å². The number of halogens is 1. The standard InChI is InChI=1S/C13H19BrN2O/c1-16(2)6-5-15-9-12-8-10-7-11(14)3-4-13(10)17-12/h3-4,7,12,15H,5-6,8-9H2,1-2H3. The van der Waals surface area contributed by atoms with E-state index in [1.165, 1.54) is 5.56 Å². The Balaban J connectivity index is 1.76. The average molecular weight is 299 g/mol. The highest BCUT2D eigenvalue weighted by molar-refractivity contribution is 9.10. The summed E-state index contributed by atoms with van der Waals surface area (Å²) in [6, 6.07) is 6.22. The van der Waals surface area contributed by atoms with Crippen LogP contribution in [0.5, 0.6) is 5.75 Å². The molecule has 1 heterocycles. The lowest BCUT2D eigenvalue weighted by Gasteiger charge is -2.14. The van der Waals surface area contributed by atoms with Crippen LogP contribution in [0.15, 0.2) is 22.7 Å².